The van der Waals surface area contributed by atoms with Crippen LogP contribution in [0.4, 0.5) is 5.69 Å². The van der Waals surface area contributed by atoms with Gasteiger partial charge in [0.1, 0.15) is 5.75 Å². The summed E-state index contributed by atoms with van der Waals surface area (Å²) in [5.41, 5.74) is 0.562. The van der Waals surface area contributed by atoms with Crippen LogP contribution in [0.1, 0.15) is 6.42 Å². The van der Waals surface area contributed by atoms with Crippen LogP contribution in [-0.2, 0) is 9.59 Å². The normalized spacial score (nSPS) is 14.2. The van der Waals surface area contributed by atoms with Gasteiger partial charge in [-0.25, -0.2) is 0 Å². The lowest BCUT2D eigenvalue weighted by molar-refractivity contribution is -0.136. The zero-order valence-corrected chi connectivity index (χ0v) is 9.61. The molecule has 1 aliphatic heterocycles. The van der Waals surface area contributed by atoms with Crippen molar-refractivity contribution < 1.29 is 19.4 Å². The van der Waals surface area contributed by atoms with E-state index in [9.17, 15) is 9.59 Å². The summed E-state index contributed by atoms with van der Waals surface area (Å²) in [4.78, 5) is 23.6. The molecule has 1 aromatic rings. The summed E-state index contributed by atoms with van der Waals surface area (Å²) in [5, 5.41) is 9.14. The molecule has 0 aliphatic carbocycles. The first kappa shape index (κ1) is 11.7. The van der Waals surface area contributed by atoms with Crippen LogP contribution in [0.2, 0.25) is 5.02 Å². The first-order valence-electron chi connectivity index (χ1n) is 5.02. The molecule has 1 amide bonds. The summed E-state index contributed by atoms with van der Waals surface area (Å²) < 4.78 is 5.23. The summed E-state index contributed by atoms with van der Waals surface area (Å²) in [6.45, 7) is 0.0408. The van der Waals surface area contributed by atoms with Gasteiger partial charge in [-0.05, 0) is 12.1 Å². The van der Waals surface area contributed by atoms with Crippen LogP contribution in [-0.4, -0.2) is 30.1 Å². The van der Waals surface area contributed by atoms with Crippen LogP contribution in [0.3, 0.4) is 0 Å². The van der Waals surface area contributed by atoms with Gasteiger partial charge in [0, 0.05) is 17.6 Å². The zero-order chi connectivity index (χ0) is 12.4. The van der Waals surface area contributed by atoms with Gasteiger partial charge in [-0.1, -0.05) is 11.6 Å². The van der Waals surface area contributed by atoms with Gasteiger partial charge in [-0.15, -0.1) is 0 Å². The lowest BCUT2D eigenvalue weighted by atomic mass is 10.2. The van der Waals surface area contributed by atoms with Crippen molar-refractivity contribution in [3.05, 3.63) is 23.2 Å². The van der Waals surface area contributed by atoms with Crippen molar-refractivity contribution in [3.63, 3.8) is 0 Å². The number of amides is 1. The molecule has 0 atom stereocenters. The van der Waals surface area contributed by atoms with Crippen molar-refractivity contribution in [2.45, 2.75) is 6.42 Å². The number of halogens is 1. The molecule has 0 unspecified atom stereocenters. The molecule has 6 heteroatoms. The second-order valence-electron chi connectivity index (χ2n) is 3.59. The minimum Gasteiger partial charge on any atom is -0.482 e. The molecular formula is C11H10ClNO4. The highest BCUT2D eigenvalue weighted by atomic mass is 35.5. The molecule has 0 bridgehead atoms. The average molecular weight is 256 g/mol. The highest BCUT2D eigenvalue weighted by molar-refractivity contribution is 6.30. The van der Waals surface area contributed by atoms with E-state index >= 15 is 0 Å². The number of hydrogen-bond donors (Lipinski definition) is 1. The lowest BCUT2D eigenvalue weighted by Crippen LogP contribution is -2.40. The second kappa shape index (κ2) is 4.63. The van der Waals surface area contributed by atoms with Gasteiger partial charge < -0.3 is 14.7 Å². The molecule has 90 valence electrons. The predicted octanol–water partition coefficient (Wildman–Crippen LogP) is 1.54. The SMILES string of the molecule is O=C(O)CCN1C(=O)COc2cc(Cl)ccc21. The number of nitrogens with zero attached hydrogens (tertiary/aromatic N) is 1. The molecule has 1 heterocycles. The van der Waals surface area contributed by atoms with Crippen LogP contribution in [0.15, 0.2) is 18.2 Å². The third-order valence-corrected chi connectivity index (χ3v) is 2.65. The first-order chi connectivity index (χ1) is 8.08. The monoisotopic (exact) mass is 255 g/mol. The maximum absolute atomic E-state index is 11.6. The van der Waals surface area contributed by atoms with E-state index in [4.69, 9.17) is 21.4 Å². The Morgan fingerprint density at radius 2 is 2.29 bits per heavy atom. The molecule has 5 nitrogen and oxygen atoms in total. The molecule has 0 spiro atoms. The number of ether oxygens (including phenoxy) is 1. The largest absolute Gasteiger partial charge is 0.482 e. The van der Waals surface area contributed by atoms with Crippen LogP contribution < -0.4 is 9.64 Å². The predicted molar refractivity (Wildman–Crippen MR) is 61.6 cm³/mol. The van der Waals surface area contributed by atoms with Gasteiger partial charge in [0.15, 0.2) is 6.61 Å². The molecule has 1 aliphatic rings. The van der Waals surface area contributed by atoms with Crippen LogP contribution in [0.25, 0.3) is 0 Å². The summed E-state index contributed by atoms with van der Waals surface area (Å²) in [5.74, 6) is -0.691. The molecular weight excluding hydrogens is 246 g/mol. The molecule has 0 saturated heterocycles. The number of benzene rings is 1. The van der Waals surface area contributed by atoms with E-state index < -0.39 is 5.97 Å². The quantitative estimate of drug-likeness (QED) is 0.890. The van der Waals surface area contributed by atoms with E-state index in [1.165, 1.54) is 4.90 Å². The molecule has 0 radical (unpaired) electrons. The summed E-state index contributed by atoms with van der Waals surface area (Å²) in [6.07, 6.45) is -0.103. The Hall–Kier alpha value is -1.75. The Kier molecular flexibility index (Phi) is 3.19. The van der Waals surface area contributed by atoms with Crippen molar-refractivity contribution in [2.75, 3.05) is 18.1 Å². The number of fused-ring (bicyclic) bond motifs is 1. The van der Waals surface area contributed by atoms with Gasteiger partial charge in [0.05, 0.1) is 12.1 Å². The number of rotatable bonds is 3. The number of hydrogen-bond acceptors (Lipinski definition) is 3. The first-order valence-corrected chi connectivity index (χ1v) is 5.40. The van der Waals surface area contributed by atoms with Gasteiger partial charge in [-0.2, -0.15) is 0 Å². The number of aliphatic carboxylic acids is 1. The van der Waals surface area contributed by atoms with Gasteiger partial charge in [0.25, 0.3) is 5.91 Å². The van der Waals surface area contributed by atoms with Crippen molar-refractivity contribution in [2.24, 2.45) is 0 Å². The highest BCUT2D eigenvalue weighted by Gasteiger charge is 2.25. The van der Waals surface area contributed by atoms with Crippen molar-refractivity contribution >= 4 is 29.2 Å². The minimum absolute atomic E-state index is 0.0903. The topological polar surface area (TPSA) is 66.8 Å². The molecule has 0 aromatic heterocycles. The fraction of sp³-hybridized carbons (Fsp3) is 0.273. The number of carboxylic acid groups (broad SMARTS) is 1. The standard InChI is InChI=1S/C11H10ClNO4/c12-7-1-2-8-9(5-7)17-6-10(14)13(8)4-3-11(15)16/h1-2,5H,3-4,6H2,(H,15,16). The zero-order valence-electron chi connectivity index (χ0n) is 8.85. The summed E-state index contributed by atoms with van der Waals surface area (Å²) >= 11 is 5.81. The maximum Gasteiger partial charge on any atom is 0.305 e. The Bertz CT molecular complexity index is 475. The van der Waals surface area contributed by atoms with Crippen LogP contribution in [0.5, 0.6) is 5.75 Å². The fourth-order valence-corrected chi connectivity index (χ4v) is 1.79. The average Bonchev–Trinajstić information content (AvgIpc) is 2.27. The van der Waals surface area contributed by atoms with Crippen molar-refractivity contribution in [1.29, 1.82) is 0 Å². The smallest absolute Gasteiger partial charge is 0.305 e. The van der Waals surface area contributed by atoms with Crippen molar-refractivity contribution in [3.8, 4) is 5.75 Å². The highest BCUT2D eigenvalue weighted by Crippen LogP contribution is 2.34. The van der Waals surface area contributed by atoms with E-state index in [0.29, 0.717) is 16.5 Å². The lowest BCUT2D eigenvalue weighted by Gasteiger charge is -2.29. The van der Waals surface area contributed by atoms with Gasteiger partial charge in [-0.3, -0.25) is 9.59 Å². The van der Waals surface area contributed by atoms with E-state index in [1.54, 1.807) is 18.2 Å². The van der Waals surface area contributed by atoms with E-state index in [2.05, 4.69) is 0 Å². The Morgan fingerprint density at radius 1 is 1.53 bits per heavy atom. The Balaban J connectivity index is 2.27. The molecule has 17 heavy (non-hydrogen) atoms. The number of carboxylic acids is 1. The van der Waals surface area contributed by atoms with Crippen LogP contribution in [0, 0.1) is 0 Å². The maximum atomic E-state index is 11.6. The Labute approximate surface area is 103 Å². The molecule has 1 N–H and O–H groups in total. The van der Waals surface area contributed by atoms with Gasteiger partial charge >= 0.3 is 5.97 Å². The molecule has 0 saturated carbocycles. The fourth-order valence-electron chi connectivity index (χ4n) is 1.63. The number of carbonyl (C=O) groups is 2. The van der Waals surface area contributed by atoms with E-state index in [1.807, 2.05) is 0 Å². The number of anilines is 1. The molecule has 0 fully saturated rings. The third-order valence-electron chi connectivity index (χ3n) is 2.41. The third kappa shape index (κ3) is 2.50. The number of carbonyl (C=O) groups excluding carboxylic acids is 1. The van der Waals surface area contributed by atoms with Crippen LogP contribution >= 0.6 is 11.6 Å². The van der Waals surface area contributed by atoms with E-state index in [0.717, 1.165) is 0 Å². The van der Waals surface area contributed by atoms with Gasteiger partial charge in [0.2, 0.25) is 0 Å². The molecule has 1 aromatic carbocycles. The van der Waals surface area contributed by atoms with Crippen molar-refractivity contribution in [1.82, 2.24) is 0 Å². The minimum atomic E-state index is -0.945. The summed E-state index contributed by atoms with van der Waals surface area (Å²) in [6, 6.07) is 4.89. The van der Waals surface area contributed by atoms with E-state index in [-0.39, 0.29) is 25.5 Å². The Morgan fingerprint density at radius 3 is 3.00 bits per heavy atom. The summed E-state index contributed by atoms with van der Waals surface area (Å²) in [7, 11) is 0. The second-order valence-corrected chi connectivity index (χ2v) is 4.03. The molecule has 2 rings (SSSR count).